The normalized spacial score (nSPS) is 15.7. The molecule has 140 valence electrons. The van der Waals surface area contributed by atoms with Crippen molar-refractivity contribution in [2.45, 2.75) is 65.1 Å². The van der Waals surface area contributed by atoms with Gasteiger partial charge in [0.1, 0.15) is 0 Å². The lowest BCUT2D eigenvalue weighted by molar-refractivity contribution is 0.206. The number of hydrogen-bond donors (Lipinski definition) is 2. The summed E-state index contributed by atoms with van der Waals surface area (Å²) in [5.74, 6) is 1.10. The number of aryl methyl sites for hydroxylation is 3. The van der Waals surface area contributed by atoms with Crippen LogP contribution in [0.25, 0.3) is 0 Å². The first kappa shape index (κ1) is 18.5. The number of benzene rings is 1. The predicted molar refractivity (Wildman–Crippen MR) is 103 cm³/mol. The fraction of sp³-hybridized carbons (Fsp3) is 0.550. The number of anilines is 2. The molecule has 0 aliphatic heterocycles. The highest BCUT2D eigenvalue weighted by atomic mass is 19.1. The van der Waals surface area contributed by atoms with E-state index in [1.54, 1.807) is 0 Å². The second-order valence-electron chi connectivity index (χ2n) is 7.94. The molecule has 5 nitrogen and oxygen atoms in total. The van der Waals surface area contributed by atoms with Gasteiger partial charge in [0.05, 0.1) is 0 Å². The Labute approximate surface area is 154 Å². The van der Waals surface area contributed by atoms with Crippen LogP contribution in [0.3, 0.4) is 0 Å². The van der Waals surface area contributed by atoms with Crippen molar-refractivity contribution in [2.75, 3.05) is 11.1 Å². The van der Waals surface area contributed by atoms with Gasteiger partial charge in [-0.1, -0.05) is 29.3 Å². The molecule has 3 rings (SSSR count). The largest absolute Gasteiger partial charge is 0.368 e. The summed E-state index contributed by atoms with van der Waals surface area (Å²) in [5, 5.41) is 3.38. The number of rotatable bonds is 7. The zero-order chi connectivity index (χ0) is 18.9. The molecule has 1 unspecified atom stereocenters. The fourth-order valence-corrected chi connectivity index (χ4v) is 3.35. The van der Waals surface area contributed by atoms with Crippen LogP contribution in [0.15, 0.2) is 18.2 Å². The van der Waals surface area contributed by atoms with Crippen molar-refractivity contribution < 1.29 is 4.39 Å². The molecule has 1 fully saturated rings. The molecular weight excluding hydrogens is 329 g/mol. The number of nitrogens with one attached hydrogen (secondary N) is 1. The molecule has 0 spiro atoms. The molecule has 1 aromatic carbocycles. The lowest BCUT2D eigenvalue weighted by Crippen LogP contribution is -2.26. The second kappa shape index (κ2) is 7.17. The van der Waals surface area contributed by atoms with Gasteiger partial charge in [0.15, 0.2) is 11.5 Å². The van der Waals surface area contributed by atoms with E-state index in [-0.39, 0.29) is 17.8 Å². The van der Waals surface area contributed by atoms with Crippen LogP contribution in [0, 0.1) is 19.8 Å². The molecule has 1 atom stereocenters. The van der Waals surface area contributed by atoms with Gasteiger partial charge < -0.3 is 11.1 Å². The van der Waals surface area contributed by atoms with Crippen molar-refractivity contribution in [2.24, 2.45) is 5.92 Å². The highest BCUT2D eigenvalue weighted by Crippen LogP contribution is 2.36. The van der Waals surface area contributed by atoms with Gasteiger partial charge in [-0.25, -0.2) is 4.39 Å². The third-order valence-electron chi connectivity index (χ3n) is 4.72. The Morgan fingerprint density at radius 2 is 1.81 bits per heavy atom. The molecule has 1 heterocycles. The molecular formula is C20H28FN5. The number of nitrogen functional groups attached to an aromatic ring is 1. The van der Waals surface area contributed by atoms with Crippen molar-refractivity contribution in [3.63, 3.8) is 0 Å². The molecule has 1 saturated carbocycles. The minimum Gasteiger partial charge on any atom is -0.368 e. The maximum absolute atomic E-state index is 14.2. The van der Waals surface area contributed by atoms with Crippen molar-refractivity contribution in [1.82, 2.24) is 15.0 Å². The summed E-state index contributed by atoms with van der Waals surface area (Å²) in [6.45, 7) is 7.09. The molecule has 0 bridgehead atoms. The zero-order valence-electron chi connectivity index (χ0n) is 16.0. The van der Waals surface area contributed by atoms with E-state index in [0.717, 1.165) is 12.8 Å². The van der Waals surface area contributed by atoms with E-state index >= 15 is 0 Å². The lowest BCUT2D eigenvalue weighted by Gasteiger charge is -2.20. The average Bonchev–Trinajstić information content (AvgIpc) is 3.34. The van der Waals surface area contributed by atoms with Crippen molar-refractivity contribution in [1.29, 1.82) is 0 Å². The number of aromatic nitrogens is 3. The third kappa shape index (κ3) is 4.90. The summed E-state index contributed by atoms with van der Waals surface area (Å²) in [6.07, 6.45) is 4.37. The average molecular weight is 357 g/mol. The summed E-state index contributed by atoms with van der Waals surface area (Å²) in [5.41, 5.74) is 8.02. The van der Waals surface area contributed by atoms with Gasteiger partial charge >= 0.3 is 0 Å². The van der Waals surface area contributed by atoms with Crippen molar-refractivity contribution >= 4 is 11.9 Å². The van der Waals surface area contributed by atoms with Gasteiger partial charge in [0.25, 0.3) is 0 Å². The van der Waals surface area contributed by atoms with Gasteiger partial charge in [-0.15, -0.1) is 0 Å². The highest BCUT2D eigenvalue weighted by molar-refractivity contribution is 5.34. The lowest BCUT2D eigenvalue weighted by atomic mass is 9.99. The minimum absolute atomic E-state index is 0.0482. The maximum Gasteiger partial charge on any atom is 0.228 e. The van der Waals surface area contributed by atoms with Crippen LogP contribution < -0.4 is 11.1 Å². The molecule has 0 saturated heterocycles. The van der Waals surface area contributed by atoms with Crippen LogP contribution in [0.1, 0.15) is 55.6 Å². The summed E-state index contributed by atoms with van der Waals surface area (Å²) < 4.78 is 14.2. The predicted octanol–water partition coefficient (Wildman–Crippen LogP) is 4.10. The topological polar surface area (TPSA) is 76.7 Å². The van der Waals surface area contributed by atoms with Gasteiger partial charge in [-0.05, 0) is 64.9 Å². The van der Waals surface area contributed by atoms with Crippen molar-refractivity contribution in [3.8, 4) is 0 Å². The number of nitrogens with zero attached hydrogens (tertiary/aromatic N) is 3. The Morgan fingerprint density at radius 3 is 2.38 bits per heavy atom. The van der Waals surface area contributed by atoms with Crippen LogP contribution >= 0.6 is 0 Å². The summed E-state index contributed by atoms with van der Waals surface area (Å²) in [6, 6.07) is 6.92. The molecule has 3 N–H and O–H groups in total. The molecule has 1 aliphatic carbocycles. The second-order valence-corrected chi connectivity index (χ2v) is 7.94. The smallest absolute Gasteiger partial charge is 0.228 e. The van der Waals surface area contributed by atoms with Gasteiger partial charge in [0.2, 0.25) is 11.9 Å². The Kier molecular flexibility index (Phi) is 5.12. The molecule has 1 aromatic heterocycles. The van der Waals surface area contributed by atoms with Gasteiger partial charge in [-0.3, -0.25) is 0 Å². The molecule has 0 radical (unpaired) electrons. The Bertz CT molecular complexity index is 760. The van der Waals surface area contributed by atoms with Crippen molar-refractivity contribution in [3.05, 3.63) is 40.7 Å². The molecule has 26 heavy (non-hydrogen) atoms. The van der Waals surface area contributed by atoms with E-state index in [1.165, 1.54) is 43.4 Å². The van der Waals surface area contributed by atoms with Gasteiger partial charge in [0, 0.05) is 6.04 Å². The molecule has 0 amide bonds. The maximum atomic E-state index is 14.2. The fourth-order valence-electron chi connectivity index (χ4n) is 3.35. The number of hydrogen-bond acceptors (Lipinski definition) is 5. The zero-order valence-corrected chi connectivity index (χ0v) is 16.0. The summed E-state index contributed by atoms with van der Waals surface area (Å²) >= 11 is 0. The van der Waals surface area contributed by atoms with E-state index in [0.29, 0.717) is 11.9 Å². The Balaban J connectivity index is 1.72. The Hall–Kier alpha value is -2.24. The number of halogens is 1. The quantitative estimate of drug-likeness (QED) is 0.780. The first-order chi connectivity index (χ1) is 12.2. The van der Waals surface area contributed by atoms with Crippen LogP contribution in [0.4, 0.5) is 16.3 Å². The van der Waals surface area contributed by atoms with E-state index < -0.39 is 5.67 Å². The number of alkyl halides is 1. The monoisotopic (exact) mass is 357 g/mol. The van der Waals surface area contributed by atoms with E-state index in [9.17, 15) is 4.39 Å². The van der Waals surface area contributed by atoms with Crippen LogP contribution in [0.2, 0.25) is 0 Å². The van der Waals surface area contributed by atoms with Crippen LogP contribution in [-0.2, 0) is 12.1 Å². The van der Waals surface area contributed by atoms with Crippen LogP contribution in [0.5, 0.6) is 0 Å². The highest BCUT2D eigenvalue weighted by Gasteiger charge is 2.32. The first-order valence-corrected chi connectivity index (χ1v) is 9.25. The van der Waals surface area contributed by atoms with E-state index in [1.807, 2.05) is 0 Å². The summed E-state index contributed by atoms with van der Waals surface area (Å²) in [4.78, 5) is 12.3. The SMILES string of the molecule is Cc1cc(C)cc(CCC(Nc2nc(N)nc(C(C)(C)F)n2)C2CC2)c1. The van der Waals surface area contributed by atoms with Gasteiger partial charge in [-0.2, -0.15) is 15.0 Å². The summed E-state index contributed by atoms with van der Waals surface area (Å²) in [7, 11) is 0. The standard InChI is InChI=1S/C20H28FN5/c1-12-9-13(2)11-14(10-12)5-8-16(15-6-7-15)23-19-25-17(20(3,4)21)24-18(22)26-19/h9-11,15-16H,5-8H2,1-4H3,(H3,22,23,24,25,26). The molecule has 2 aromatic rings. The number of nitrogens with two attached hydrogens (primary N) is 1. The Morgan fingerprint density at radius 1 is 1.15 bits per heavy atom. The molecule has 6 heteroatoms. The molecule has 1 aliphatic rings. The third-order valence-corrected chi connectivity index (χ3v) is 4.72. The minimum atomic E-state index is -1.65. The first-order valence-electron chi connectivity index (χ1n) is 9.25. The van der Waals surface area contributed by atoms with E-state index in [2.05, 4.69) is 52.3 Å². The van der Waals surface area contributed by atoms with E-state index in [4.69, 9.17) is 5.73 Å². The van der Waals surface area contributed by atoms with Crippen LogP contribution in [-0.4, -0.2) is 21.0 Å².